The molecule has 1 aliphatic rings. The molecule has 1 amide bonds. The molecule has 1 fully saturated rings. The molecule has 0 bridgehead atoms. The van der Waals surface area contributed by atoms with Crippen LogP contribution in [0.25, 0.3) is 0 Å². The third kappa shape index (κ3) is 2.73. The number of carbonyl (C=O) groups excluding carboxylic acids is 1. The molecular weight excluding hydrogens is 283 g/mol. The summed E-state index contributed by atoms with van der Waals surface area (Å²) in [6.07, 6.45) is 1.83. The summed E-state index contributed by atoms with van der Waals surface area (Å²) in [7, 11) is 0. The van der Waals surface area contributed by atoms with E-state index >= 15 is 0 Å². The first-order chi connectivity index (χ1) is 10.6. The number of halogens is 1. The lowest BCUT2D eigenvalue weighted by molar-refractivity contribution is 0.0666. The van der Waals surface area contributed by atoms with Gasteiger partial charge in [-0.25, -0.2) is 14.1 Å². The standard InChI is InChI=1S/C16H19FN4O/c1-11-18-12(2)21(19-11)13-6-5-9-20(10-13)16(22)14-7-3-4-8-15(14)17/h3-4,7-8,13H,5-6,9-10H2,1-2H3/t13-/m0/s1. The second kappa shape index (κ2) is 5.87. The van der Waals surface area contributed by atoms with E-state index in [4.69, 9.17) is 0 Å². The summed E-state index contributed by atoms with van der Waals surface area (Å²) in [6, 6.07) is 6.23. The summed E-state index contributed by atoms with van der Waals surface area (Å²) in [4.78, 5) is 18.6. The molecule has 0 unspecified atom stereocenters. The smallest absolute Gasteiger partial charge is 0.256 e. The number of aromatic nitrogens is 3. The van der Waals surface area contributed by atoms with E-state index in [0.717, 1.165) is 24.5 Å². The zero-order valence-corrected chi connectivity index (χ0v) is 12.8. The van der Waals surface area contributed by atoms with E-state index in [0.29, 0.717) is 13.1 Å². The molecule has 1 aliphatic heterocycles. The van der Waals surface area contributed by atoms with Crippen LogP contribution in [0.15, 0.2) is 24.3 Å². The van der Waals surface area contributed by atoms with Gasteiger partial charge < -0.3 is 4.90 Å². The van der Waals surface area contributed by atoms with Gasteiger partial charge in [-0.1, -0.05) is 12.1 Å². The Balaban J connectivity index is 1.80. The summed E-state index contributed by atoms with van der Waals surface area (Å²) in [5.74, 6) is 0.859. The van der Waals surface area contributed by atoms with Crippen LogP contribution in [0.5, 0.6) is 0 Å². The molecule has 3 rings (SSSR count). The number of benzene rings is 1. The Hall–Kier alpha value is -2.24. The Morgan fingerprint density at radius 1 is 1.32 bits per heavy atom. The van der Waals surface area contributed by atoms with Crippen molar-refractivity contribution in [3.8, 4) is 0 Å². The number of nitrogens with zero attached hydrogens (tertiary/aromatic N) is 4. The van der Waals surface area contributed by atoms with Crippen LogP contribution in [-0.4, -0.2) is 38.7 Å². The van der Waals surface area contributed by atoms with Crippen molar-refractivity contribution in [3.05, 3.63) is 47.3 Å². The lowest BCUT2D eigenvalue weighted by Crippen LogP contribution is -2.41. The normalized spacial score (nSPS) is 18.5. The third-order valence-corrected chi connectivity index (χ3v) is 4.04. The Bertz CT molecular complexity index is 697. The Morgan fingerprint density at radius 2 is 2.09 bits per heavy atom. The van der Waals surface area contributed by atoms with E-state index in [2.05, 4.69) is 10.1 Å². The molecule has 22 heavy (non-hydrogen) atoms. The Morgan fingerprint density at radius 3 is 2.77 bits per heavy atom. The molecule has 1 aromatic heterocycles. The molecule has 1 saturated heterocycles. The lowest BCUT2D eigenvalue weighted by Gasteiger charge is -2.33. The average molecular weight is 302 g/mol. The van der Waals surface area contributed by atoms with Crippen LogP contribution in [0.1, 0.15) is 40.9 Å². The van der Waals surface area contributed by atoms with Crippen molar-refractivity contribution in [3.63, 3.8) is 0 Å². The van der Waals surface area contributed by atoms with Crippen LogP contribution in [0.3, 0.4) is 0 Å². The molecule has 0 aliphatic carbocycles. The van der Waals surface area contributed by atoms with Gasteiger partial charge in [-0.2, -0.15) is 5.10 Å². The minimum Gasteiger partial charge on any atom is -0.336 e. The van der Waals surface area contributed by atoms with E-state index < -0.39 is 5.82 Å². The number of carbonyl (C=O) groups is 1. The van der Waals surface area contributed by atoms with Crippen LogP contribution in [0, 0.1) is 19.7 Å². The van der Waals surface area contributed by atoms with Gasteiger partial charge in [0.05, 0.1) is 11.6 Å². The van der Waals surface area contributed by atoms with Crippen LogP contribution in [-0.2, 0) is 0 Å². The van der Waals surface area contributed by atoms with Crippen molar-refractivity contribution < 1.29 is 9.18 Å². The first kappa shape index (κ1) is 14.7. The van der Waals surface area contributed by atoms with Gasteiger partial charge in [0, 0.05) is 13.1 Å². The molecule has 1 atom stereocenters. The molecule has 1 aromatic carbocycles. The molecule has 5 nitrogen and oxygen atoms in total. The fraction of sp³-hybridized carbons (Fsp3) is 0.438. The number of likely N-dealkylation sites (tertiary alicyclic amines) is 1. The summed E-state index contributed by atoms with van der Waals surface area (Å²) >= 11 is 0. The Labute approximate surface area is 128 Å². The highest BCUT2D eigenvalue weighted by Crippen LogP contribution is 2.24. The number of hydrogen-bond donors (Lipinski definition) is 0. The van der Waals surface area contributed by atoms with Gasteiger partial charge in [-0.3, -0.25) is 4.79 Å². The molecule has 0 radical (unpaired) electrons. The highest BCUT2D eigenvalue weighted by molar-refractivity contribution is 5.94. The summed E-state index contributed by atoms with van der Waals surface area (Å²) < 4.78 is 15.7. The molecular formula is C16H19FN4O. The first-order valence-electron chi connectivity index (χ1n) is 7.50. The van der Waals surface area contributed by atoms with E-state index in [1.807, 2.05) is 18.5 Å². The zero-order chi connectivity index (χ0) is 15.7. The monoisotopic (exact) mass is 302 g/mol. The molecule has 2 aromatic rings. The molecule has 116 valence electrons. The van der Waals surface area contributed by atoms with Crippen LogP contribution in [0.2, 0.25) is 0 Å². The van der Waals surface area contributed by atoms with Crippen molar-refractivity contribution in [1.82, 2.24) is 19.7 Å². The number of piperidine rings is 1. The van der Waals surface area contributed by atoms with Gasteiger partial charge in [0.2, 0.25) is 0 Å². The van der Waals surface area contributed by atoms with Gasteiger partial charge >= 0.3 is 0 Å². The maximum absolute atomic E-state index is 13.8. The molecule has 6 heteroatoms. The molecule has 0 spiro atoms. The maximum Gasteiger partial charge on any atom is 0.256 e. The van der Waals surface area contributed by atoms with Crippen molar-refractivity contribution in [2.24, 2.45) is 0 Å². The topological polar surface area (TPSA) is 51.0 Å². The number of aryl methyl sites for hydroxylation is 2. The zero-order valence-electron chi connectivity index (χ0n) is 12.8. The minimum atomic E-state index is -0.470. The second-order valence-electron chi connectivity index (χ2n) is 5.68. The van der Waals surface area contributed by atoms with Crippen LogP contribution in [0.4, 0.5) is 4.39 Å². The van der Waals surface area contributed by atoms with E-state index in [1.54, 1.807) is 17.0 Å². The van der Waals surface area contributed by atoms with E-state index in [1.165, 1.54) is 12.1 Å². The van der Waals surface area contributed by atoms with Crippen molar-refractivity contribution in [1.29, 1.82) is 0 Å². The van der Waals surface area contributed by atoms with Crippen LogP contribution >= 0.6 is 0 Å². The molecule has 2 heterocycles. The number of hydrogen-bond acceptors (Lipinski definition) is 3. The molecule has 0 saturated carbocycles. The highest BCUT2D eigenvalue weighted by atomic mass is 19.1. The minimum absolute atomic E-state index is 0.102. The number of rotatable bonds is 2. The van der Waals surface area contributed by atoms with Crippen molar-refractivity contribution in [2.45, 2.75) is 32.7 Å². The number of amides is 1. The lowest BCUT2D eigenvalue weighted by atomic mass is 10.0. The predicted molar refractivity (Wildman–Crippen MR) is 80.1 cm³/mol. The largest absolute Gasteiger partial charge is 0.336 e. The summed E-state index contributed by atoms with van der Waals surface area (Å²) in [5, 5.41) is 4.41. The average Bonchev–Trinajstić information content (AvgIpc) is 2.86. The van der Waals surface area contributed by atoms with Crippen LogP contribution < -0.4 is 0 Å². The van der Waals surface area contributed by atoms with Crippen molar-refractivity contribution in [2.75, 3.05) is 13.1 Å². The second-order valence-corrected chi connectivity index (χ2v) is 5.68. The summed E-state index contributed by atoms with van der Waals surface area (Å²) in [6.45, 7) is 4.96. The predicted octanol–water partition coefficient (Wildman–Crippen LogP) is 2.51. The summed E-state index contributed by atoms with van der Waals surface area (Å²) in [5.41, 5.74) is 0.134. The Kier molecular flexibility index (Phi) is 3.92. The van der Waals surface area contributed by atoms with Gasteiger partial charge in [0.1, 0.15) is 17.5 Å². The highest BCUT2D eigenvalue weighted by Gasteiger charge is 2.28. The fourth-order valence-electron chi connectivity index (χ4n) is 3.03. The maximum atomic E-state index is 13.8. The van der Waals surface area contributed by atoms with E-state index in [9.17, 15) is 9.18 Å². The van der Waals surface area contributed by atoms with Gasteiger partial charge in [0.15, 0.2) is 0 Å². The first-order valence-corrected chi connectivity index (χ1v) is 7.50. The van der Waals surface area contributed by atoms with Gasteiger partial charge in [0.25, 0.3) is 5.91 Å². The van der Waals surface area contributed by atoms with Gasteiger partial charge in [-0.05, 0) is 38.8 Å². The SMILES string of the molecule is Cc1nc(C)n([C@H]2CCCN(C(=O)c3ccccc3F)C2)n1. The van der Waals surface area contributed by atoms with Gasteiger partial charge in [-0.15, -0.1) is 0 Å². The van der Waals surface area contributed by atoms with Crippen molar-refractivity contribution >= 4 is 5.91 Å². The third-order valence-electron chi connectivity index (χ3n) is 4.04. The molecule has 0 N–H and O–H groups in total. The van der Waals surface area contributed by atoms with E-state index in [-0.39, 0.29) is 17.5 Å². The quantitative estimate of drug-likeness (QED) is 0.856. The fourth-order valence-corrected chi connectivity index (χ4v) is 3.03.